The van der Waals surface area contributed by atoms with Gasteiger partial charge in [-0.25, -0.2) is 0 Å². The Bertz CT molecular complexity index is 50.1. The standard InChI is InChI=1S/C5H10O.C2H6.CH4/c1-5(2,3)4-6;1-2;/h4H,1-3H3;1-2H3;1H4. The summed E-state index contributed by atoms with van der Waals surface area (Å²) in [6.45, 7) is 9.62. The van der Waals surface area contributed by atoms with E-state index >= 15 is 0 Å². The summed E-state index contributed by atoms with van der Waals surface area (Å²) in [5, 5.41) is 0. The molecule has 0 aliphatic carbocycles. The maximum atomic E-state index is 9.83. The number of carbonyl (C=O) groups excluding carboxylic acids is 1. The Hall–Kier alpha value is -0.330. The zero-order valence-corrected chi connectivity index (χ0v) is 6.49. The molecule has 0 saturated heterocycles. The molecular formula is C8H20O. The molecule has 9 heavy (non-hydrogen) atoms. The Kier molecular flexibility index (Phi) is 13.5. The normalized spacial score (nSPS) is 8.11. The van der Waals surface area contributed by atoms with Crippen molar-refractivity contribution in [3.05, 3.63) is 0 Å². The van der Waals surface area contributed by atoms with Gasteiger partial charge in [0.1, 0.15) is 6.29 Å². The quantitative estimate of drug-likeness (QED) is 0.463. The predicted molar refractivity (Wildman–Crippen MR) is 43.6 cm³/mol. The van der Waals surface area contributed by atoms with Gasteiger partial charge >= 0.3 is 0 Å². The van der Waals surface area contributed by atoms with Gasteiger partial charge in [0.15, 0.2) is 0 Å². The highest BCUT2D eigenvalue weighted by molar-refractivity contribution is 5.56. The van der Waals surface area contributed by atoms with Gasteiger partial charge in [0.25, 0.3) is 0 Å². The molecule has 1 nitrogen and oxygen atoms in total. The first-order chi connectivity index (χ1) is 3.56. The molecule has 1 heteroatoms. The summed E-state index contributed by atoms with van der Waals surface area (Å²) in [5.41, 5.74) is -0.139. The maximum Gasteiger partial charge on any atom is 0.125 e. The average molecular weight is 132 g/mol. The van der Waals surface area contributed by atoms with Gasteiger partial charge in [-0.3, -0.25) is 0 Å². The molecule has 0 atom stereocenters. The van der Waals surface area contributed by atoms with Crippen LogP contribution in [0.4, 0.5) is 0 Å². The largest absolute Gasteiger partial charge is 0.303 e. The molecule has 0 heterocycles. The van der Waals surface area contributed by atoms with Crippen molar-refractivity contribution in [3.63, 3.8) is 0 Å². The summed E-state index contributed by atoms with van der Waals surface area (Å²) in [4.78, 5) is 9.83. The minimum Gasteiger partial charge on any atom is -0.303 e. The van der Waals surface area contributed by atoms with Crippen molar-refractivity contribution in [1.29, 1.82) is 0 Å². The van der Waals surface area contributed by atoms with Gasteiger partial charge in [0.05, 0.1) is 0 Å². The molecule has 0 radical (unpaired) electrons. The van der Waals surface area contributed by atoms with E-state index in [1.54, 1.807) is 0 Å². The molecule has 0 aromatic rings. The third-order valence-electron chi connectivity index (χ3n) is 0.354. The molecule has 0 aromatic heterocycles. The smallest absolute Gasteiger partial charge is 0.125 e. The molecule has 0 aliphatic rings. The fraction of sp³-hybridized carbons (Fsp3) is 0.875. The zero-order chi connectivity index (χ0) is 7.21. The van der Waals surface area contributed by atoms with E-state index in [4.69, 9.17) is 0 Å². The molecule has 0 amide bonds. The molecule has 0 aliphatic heterocycles. The second-order valence-corrected chi connectivity index (χ2v) is 2.48. The SMILES string of the molecule is C.CC.CC(C)(C)C=O. The van der Waals surface area contributed by atoms with Crippen LogP contribution in [0, 0.1) is 5.41 Å². The van der Waals surface area contributed by atoms with Gasteiger partial charge in [0, 0.05) is 5.41 Å². The second-order valence-electron chi connectivity index (χ2n) is 2.48. The Balaban J connectivity index is -0.000000109. The van der Waals surface area contributed by atoms with Crippen molar-refractivity contribution >= 4 is 6.29 Å². The van der Waals surface area contributed by atoms with Gasteiger partial charge in [-0.05, 0) is 0 Å². The number of aldehydes is 1. The summed E-state index contributed by atoms with van der Waals surface area (Å²) in [6.07, 6.45) is 0.938. The zero-order valence-electron chi connectivity index (χ0n) is 6.49. The fourth-order valence-corrected chi connectivity index (χ4v) is 0. The molecule has 0 rings (SSSR count). The molecule has 0 saturated carbocycles. The van der Waals surface area contributed by atoms with Crippen molar-refractivity contribution in [2.45, 2.75) is 42.0 Å². The molecule has 0 fully saturated rings. The van der Waals surface area contributed by atoms with Crippen LogP contribution in [0.2, 0.25) is 0 Å². The van der Waals surface area contributed by atoms with Crippen molar-refractivity contribution in [2.75, 3.05) is 0 Å². The average Bonchev–Trinajstić information content (AvgIpc) is 1.71. The highest BCUT2D eigenvalue weighted by atomic mass is 16.1. The van der Waals surface area contributed by atoms with Crippen LogP contribution in [0.1, 0.15) is 42.0 Å². The summed E-state index contributed by atoms with van der Waals surface area (Å²) < 4.78 is 0. The Morgan fingerprint density at radius 1 is 1.11 bits per heavy atom. The number of carbonyl (C=O) groups is 1. The highest BCUT2D eigenvalue weighted by Crippen LogP contribution is 2.05. The van der Waals surface area contributed by atoms with Gasteiger partial charge < -0.3 is 4.79 Å². The predicted octanol–water partition coefficient (Wildman–Crippen LogP) is 2.89. The Morgan fingerprint density at radius 2 is 1.22 bits per heavy atom. The van der Waals surface area contributed by atoms with E-state index in [9.17, 15) is 4.79 Å². The lowest BCUT2D eigenvalue weighted by Gasteiger charge is -2.03. The second kappa shape index (κ2) is 7.67. The topological polar surface area (TPSA) is 17.1 Å². The van der Waals surface area contributed by atoms with Crippen molar-refractivity contribution in [2.24, 2.45) is 5.41 Å². The minimum absolute atomic E-state index is 0. The lowest BCUT2D eigenvalue weighted by atomic mass is 10.0. The van der Waals surface area contributed by atoms with Crippen LogP contribution in [0.25, 0.3) is 0 Å². The summed E-state index contributed by atoms with van der Waals surface area (Å²) in [5.74, 6) is 0. The number of hydrogen-bond donors (Lipinski definition) is 0. The molecule has 0 unspecified atom stereocenters. The van der Waals surface area contributed by atoms with Crippen molar-refractivity contribution in [3.8, 4) is 0 Å². The van der Waals surface area contributed by atoms with E-state index in [1.807, 2.05) is 34.6 Å². The van der Waals surface area contributed by atoms with E-state index in [0.29, 0.717) is 0 Å². The first kappa shape index (κ1) is 15.9. The van der Waals surface area contributed by atoms with Crippen LogP contribution in [0.5, 0.6) is 0 Å². The third-order valence-corrected chi connectivity index (χ3v) is 0.354. The van der Waals surface area contributed by atoms with Crippen molar-refractivity contribution in [1.82, 2.24) is 0 Å². The van der Waals surface area contributed by atoms with Gasteiger partial charge in [-0.2, -0.15) is 0 Å². The van der Waals surface area contributed by atoms with Gasteiger partial charge in [-0.1, -0.05) is 42.0 Å². The minimum atomic E-state index is -0.139. The molecule has 0 aromatic carbocycles. The maximum absolute atomic E-state index is 9.83. The third kappa shape index (κ3) is 34.6. The van der Waals surface area contributed by atoms with E-state index in [-0.39, 0.29) is 12.8 Å². The van der Waals surface area contributed by atoms with Crippen LogP contribution in [0.3, 0.4) is 0 Å². The number of hydrogen-bond acceptors (Lipinski definition) is 1. The van der Waals surface area contributed by atoms with Crippen LogP contribution in [-0.4, -0.2) is 6.29 Å². The molecule has 58 valence electrons. The van der Waals surface area contributed by atoms with Crippen LogP contribution < -0.4 is 0 Å². The molecule has 0 bridgehead atoms. The van der Waals surface area contributed by atoms with Gasteiger partial charge in [-0.15, -0.1) is 0 Å². The number of rotatable bonds is 0. The molecule has 0 spiro atoms. The Morgan fingerprint density at radius 3 is 1.22 bits per heavy atom. The first-order valence-corrected chi connectivity index (χ1v) is 3.02. The van der Waals surface area contributed by atoms with Crippen LogP contribution in [-0.2, 0) is 4.79 Å². The lowest BCUT2D eigenvalue weighted by Crippen LogP contribution is -2.04. The van der Waals surface area contributed by atoms with Crippen LogP contribution >= 0.6 is 0 Å². The van der Waals surface area contributed by atoms with E-state index < -0.39 is 0 Å². The lowest BCUT2D eigenvalue weighted by molar-refractivity contribution is -0.113. The van der Waals surface area contributed by atoms with E-state index in [2.05, 4.69) is 0 Å². The van der Waals surface area contributed by atoms with E-state index in [0.717, 1.165) is 6.29 Å². The fourth-order valence-electron chi connectivity index (χ4n) is 0. The van der Waals surface area contributed by atoms with Crippen LogP contribution in [0.15, 0.2) is 0 Å². The van der Waals surface area contributed by atoms with Gasteiger partial charge in [0.2, 0.25) is 0 Å². The summed E-state index contributed by atoms with van der Waals surface area (Å²) in [7, 11) is 0. The summed E-state index contributed by atoms with van der Waals surface area (Å²) >= 11 is 0. The first-order valence-electron chi connectivity index (χ1n) is 3.02. The molecule has 0 N–H and O–H groups in total. The summed E-state index contributed by atoms with van der Waals surface area (Å²) in [6, 6.07) is 0. The van der Waals surface area contributed by atoms with Crippen molar-refractivity contribution < 1.29 is 4.79 Å². The highest BCUT2D eigenvalue weighted by Gasteiger charge is 2.04. The monoisotopic (exact) mass is 132 g/mol. The van der Waals surface area contributed by atoms with E-state index in [1.165, 1.54) is 0 Å². The molecular weight excluding hydrogens is 112 g/mol. The Labute approximate surface area is 59.5 Å².